The Hall–Kier alpha value is -2.47. The lowest BCUT2D eigenvalue weighted by Crippen LogP contribution is -2.12. The van der Waals surface area contributed by atoms with Crippen LogP contribution in [0.1, 0.15) is 25.5 Å². The molecule has 1 aromatic carbocycles. The van der Waals surface area contributed by atoms with Crippen molar-refractivity contribution in [1.29, 1.82) is 0 Å². The molecule has 0 aliphatic rings. The molecule has 20 heavy (non-hydrogen) atoms. The van der Waals surface area contributed by atoms with Crippen molar-refractivity contribution in [1.82, 2.24) is 19.7 Å². The van der Waals surface area contributed by atoms with Crippen molar-refractivity contribution in [2.45, 2.75) is 19.8 Å². The average molecular weight is 268 g/mol. The van der Waals surface area contributed by atoms with Crippen LogP contribution >= 0.6 is 0 Å². The van der Waals surface area contributed by atoms with Crippen molar-refractivity contribution >= 4 is 16.9 Å². The van der Waals surface area contributed by atoms with Crippen molar-refractivity contribution in [3.8, 4) is 5.82 Å². The summed E-state index contributed by atoms with van der Waals surface area (Å²) in [4.78, 5) is 8.75. The number of para-hydroxylation sites is 1. The van der Waals surface area contributed by atoms with Gasteiger partial charge in [-0.05, 0) is 24.1 Å². The highest BCUT2D eigenvalue weighted by Gasteiger charge is 2.11. The minimum atomic E-state index is 0.372. The van der Waals surface area contributed by atoms with Crippen molar-refractivity contribution in [2.75, 3.05) is 5.43 Å². The molecule has 6 heteroatoms. The van der Waals surface area contributed by atoms with Crippen molar-refractivity contribution in [2.24, 2.45) is 5.84 Å². The molecule has 3 rings (SSSR count). The number of fused-ring (bicyclic) bond motifs is 1. The van der Waals surface area contributed by atoms with Crippen LogP contribution < -0.4 is 11.3 Å². The second kappa shape index (κ2) is 4.90. The topological polar surface area (TPSA) is 81.7 Å². The van der Waals surface area contributed by atoms with Gasteiger partial charge in [-0.15, -0.1) is 0 Å². The molecule has 0 fully saturated rings. The van der Waals surface area contributed by atoms with E-state index in [1.165, 1.54) is 0 Å². The van der Waals surface area contributed by atoms with Gasteiger partial charge in [0.25, 0.3) is 0 Å². The summed E-state index contributed by atoms with van der Waals surface area (Å²) in [5.74, 6) is 6.90. The Morgan fingerprint density at radius 2 is 1.95 bits per heavy atom. The first-order valence-corrected chi connectivity index (χ1v) is 6.48. The van der Waals surface area contributed by atoms with E-state index in [4.69, 9.17) is 5.84 Å². The molecule has 0 amide bonds. The lowest BCUT2D eigenvalue weighted by Gasteiger charge is -2.08. The van der Waals surface area contributed by atoms with E-state index in [9.17, 15) is 0 Å². The third kappa shape index (κ3) is 2.10. The van der Waals surface area contributed by atoms with E-state index in [0.717, 1.165) is 22.4 Å². The van der Waals surface area contributed by atoms with Gasteiger partial charge in [-0.2, -0.15) is 10.1 Å². The maximum absolute atomic E-state index is 5.44. The number of benzene rings is 1. The zero-order valence-electron chi connectivity index (χ0n) is 11.4. The van der Waals surface area contributed by atoms with E-state index < -0.39 is 0 Å². The predicted molar refractivity (Wildman–Crippen MR) is 78.6 cm³/mol. The monoisotopic (exact) mass is 268 g/mol. The van der Waals surface area contributed by atoms with Gasteiger partial charge in [-0.3, -0.25) is 5.43 Å². The SMILES string of the molecule is CC(C)c1ccn(-c2nc(NN)nc3ccccc23)n1. The summed E-state index contributed by atoms with van der Waals surface area (Å²) < 4.78 is 1.76. The first kappa shape index (κ1) is 12.6. The van der Waals surface area contributed by atoms with Crippen molar-refractivity contribution in [3.63, 3.8) is 0 Å². The highest BCUT2D eigenvalue weighted by molar-refractivity contribution is 5.86. The third-order valence-electron chi connectivity index (χ3n) is 3.13. The molecular weight excluding hydrogens is 252 g/mol. The van der Waals surface area contributed by atoms with Crippen LogP contribution in [0.15, 0.2) is 36.5 Å². The zero-order valence-corrected chi connectivity index (χ0v) is 11.4. The number of nitrogens with one attached hydrogen (secondary N) is 1. The summed E-state index contributed by atoms with van der Waals surface area (Å²) in [5, 5.41) is 5.50. The number of hydrazine groups is 1. The summed E-state index contributed by atoms with van der Waals surface area (Å²) in [6.45, 7) is 4.22. The number of rotatable bonds is 3. The molecule has 102 valence electrons. The number of anilines is 1. The Morgan fingerprint density at radius 1 is 1.15 bits per heavy atom. The number of nitrogen functional groups attached to an aromatic ring is 1. The first-order chi connectivity index (χ1) is 9.69. The van der Waals surface area contributed by atoms with Gasteiger partial charge in [0.15, 0.2) is 5.82 Å². The Kier molecular flexibility index (Phi) is 3.08. The summed E-state index contributed by atoms with van der Waals surface area (Å²) in [6, 6.07) is 9.78. The molecular formula is C14H16N6. The van der Waals surface area contributed by atoms with E-state index in [1.807, 2.05) is 36.5 Å². The fourth-order valence-corrected chi connectivity index (χ4v) is 2.06. The smallest absolute Gasteiger partial charge is 0.239 e. The van der Waals surface area contributed by atoms with Gasteiger partial charge >= 0.3 is 0 Å². The van der Waals surface area contributed by atoms with Gasteiger partial charge < -0.3 is 0 Å². The van der Waals surface area contributed by atoms with E-state index >= 15 is 0 Å². The van der Waals surface area contributed by atoms with Gasteiger partial charge in [0.2, 0.25) is 5.95 Å². The minimum Gasteiger partial charge on any atom is -0.292 e. The quantitative estimate of drug-likeness (QED) is 0.562. The molecule has 0 bridgehead atoms. The van der Waals surface area contributed by atoms with Crippen LogP contribution in [-0.2, 0) is 0 Å². The Bertz CT molecular complexity index is 746. The fourth-order valence-electron chi connectivity index (χ4n) is 2.06. The van der Waals surface area contributed by atoms with Crippen molar-refractivity contribution in [3.05, 3.63) is 42.2 Å². The van der Waals surface area contributed by atoms with Crippen LogP contribution in [0.5, 0.6) is 0 Å². The maximum Gasteiger partial charge on any atom is 0.239 e. The Morgan fingerprint density at radius 3 is 2.65 bits per heavy atom. The number of nitrogens with zero attached hydrogens (tertiary/aromatic N) is 4. The number of aromatic nitrogens is 4. The Balaban J connectivity index is 2.22. The molecule has 0 spiro atoms. The van der Waals surface area contributed by atoms with Crippen LogP contribution in [-0.4, -0.2) is 19.7 Å². The molecule has 0 atom stereocenters. The fraction of sp³-hybridized carbons (Fsp3) is 0.214. The van der Waals surface area contributed by atoms with E-state index in [0.29, 0.717) is 11.9 Å². The molecule has 0 saturated carbocycles. The molecule has 0 aliphatic carbocycles. The molecule has 2 aromatic heterocycles. The summed E-state index contributed by atoms with van der Waals surface area (Å²) in [7, 11) is 0. The maximum atomic E-state index is 5.44. The number of hydrogen-bond donors (Lipinski definition) is 2. The normalized spacial score (nSPS) is 11.2. The van der Waals surface area contributed by atoms with Gasteiger partial charge in [0.05, 0.1) is 11.2 Å². The molecule has 6 nitrogen and oxygen atoms in total. The number of nitrogens with two attached hydrogens (primary N) is 1. The first-order valence-electron chi connectivity index (χ1n) is 6.48. The highest BCUT2D eigenvalue weighted by atomic mass is 15.4. The van der Waals surface area contributed by atoms with Gasteiger partial charge in [-0.1, -0.05) is 26.0 Å². The third-order valence-corrected chi connectivity index (χ3v) is 3.13. The molecule has 0 aliphatic heterocycles. The van der Waals surface area contributed by atoms with Crippen LogP contribution in [0.3, 0.4) is 0 Å². The molecule has 0 radical (unpaired) electrons. The molecule has 0 saturated heterocycles. The van der Waals surface area contributed by atoms with Crippen molar-refractivity contribution < 1.29 is 0 Å². The summed E-state index contributed by atoms with van der Waals surface area (Å²) in [5.41, 5.74) is 4.34. The van der Waals surface area contributed by atoms with E-state index in [2.05, 4.69) is 34.3 Å². The minimum absolute atomic E-state index is 0.372. The lowest BCUT2D eigenvalue weighted by atomic mass is 10.1. The zero-order chi connectivity index (χ0) is 14.1. The standard InChI is InChI=1S/C14H16N6/c1-9(2)11-7-8-20(19-11)13-10-5-3-4-6-12(10)16-14(17-13)18-15/h3-9H,15H2,1-2H3,(H,16,17,18). The van der Waals surface area contributed by atoms with Crippen LogP contribution in [0.4, 0.5) is 5.95 Å². The molecule has 0 unspecified atom stereocenters. The van der Waals surface area contributed by atoms with E-state index in [-0.39, 0.29) is 0 Å². The highest BCUT2D eigenvalue weighted by Crippen LogP contribution is 2.21. The molecule has 2 heterocycles. The largest absolute Gasteiger partial charge is 0.292 e. The number of hydrogen-bond acceptors (Lipinski definition) is 5. The summed E-state index contributed by atoms with van der Waals surface area (Å²) >= 11 is 0. The van der Waals surface area contributed by atoms with Gasteiger partial charge in [0.1, 0.15) is 0 Å². The second-order valence-corrected chi connectivity index (χ2v) is 4.87. The van der Waals surface area contributed by atoms with E-state index in [1.54, 1.807) is 4.68 Å². The van der Waals surface area contributed by atoms with Gasteiger partial charge in [-0.25, -0.2) is 15.5 Å². The molecule has 3 aromatic rings. The molecule has 3 N–H and O–H groups in total. The average Bonchev–Trinajstić information content (AvgIpc) is 2.96. The lowest BCUT2D eigenvalue weighted by molar-refractivity contribution is 0.760. The summed E-state index contributed by atoms with van der Waals surface area (Å²) in [6.07, 6.45) is 1.91. The van der Waals surface area contributed by atoms with Crippen LogP contribution in [0.25, 0.3) is 16.7 Å². The Labute approximate surface area is 116 Å². The van der Waals surface area contributed by atoms with Crippen LogP contribution in [0, 0.1) is 0 Å². The van der Waals surface area contributed by atoms with Crippen LogP contribution in [0.2, 0.25) is 0 Å². The predicted octanol–water partition coefficient (Wildman–Crippen LogP) is 2.22. The van der Waals surface area contributed by atoms with Gasteiger partial charge in [0, 0.05) is 11.6 Å². The second-order valence-electron chi connectivity index (χ2n) is 4.87.